The molecule has 0 atom stereocenters. The summed E-state index contributed by atoms with van der Waals surface area (Å²) >= 11 is 0. The number of hydrogen-bond donors (Lipinski definition) is 0. The smallest absolute Gasteiger partial charge is 0.410 e. The minimum atomic E-state index is -0.441. The summed E-state index contributed by atoms with van der Waals surface area (Å²) in [4.78, 5) is 21.3. The van der Waals surface area contributed by atoms with Gasteiger partial charge in [-0.25, -0.2) is 14.8 Å². The molecule has 0 bridgehead atoms. The molecule has 0 unspecified atom stereocenters. The fourth-order valence-corrected chi connectivity index (χ4v) is 1.59. The monoisotopic (exact) mass is 247 g/mol. The van der Waals surface area contributed by atoms with Crippen LogP contribution < -0.4 is 0 Å². The molecule has 1 amide bonds. The molecular formula is C13H17N3O2. The summed E-state index contributed by atoms with van der Waals surface area (Å²) in [6.07, 6.45) is 4.92. The summed E-state index contributed by atoms with van der Waals surface area (Å²) in [5, 5.41) is 0. The SMILES string of the molecule is CC(C)(C)OC(=O)N1CC(=Cc2ccncn2)C1. The lowest BCUT2D eigenvalue weighted by Crippen LogP contribution is -2.46. The van der Waals surface area contributed by atoms with Gasteiger partial charge in [-0.05, 0) is 38.5 Å². The molecule has 1 aromatic rings. The number of aromatic nitrogens is 2. The molecule has 1 fully saturated rings. The Labute approximate surface area is 106 Å². The van der Waals surface area contributed by atoms with Crippen LogP contribution in [0.25, 0.3) is 6.08 Å². The van der Waals surface area contributed by atoms with Crippen LogP contribution in [-0.4, -0.2) is 39.7 Å². The number of amides is 1. The number of rotatable bonds is 1. The first-order valence-electron chi connectivity index (χ1n) is 5.87. The van der Waals surface area contributed by atoms with Gasteiger partial charge in [0, 0.05) is 19.3 Å². The van der Waals surface area contributed by atoms with Gasteiger partial charge in [0.15, 0.2) is 0 Å². The first kappa shape index (κ1) is 12.5. The fraction of sp³-hybridized carbons (Fsp3) is 0.462. The molecule has 0 spiro atoms. The Balaban J connectivity index is 1.87. The molecule has 0 aromatic carbocycles. The first-order valence-corrected chi connectivity index (χ1v) is 5.87. The van der Waals surface area contributed by atoms with E-state index in [1.165, 1.54) is 11.9 Å². The predicted octanol–water partition coefficient (Wildman–Crippen LogP) is 2.11. The van der Waals surface area contributed by atoms with E-state index < -0.39 is 5.60 Å². The number of carbonyl (C=O) groups is 1. The number of nitrogens with zero attached hydrogens (tertiary/aromatic N) is 3. The zero-order valence-corrected chi connectivity index (χ0v) is 10.9. The van der Waals surface area contributed by atoms with Crippen LogP contribution in [0.5, 0.6) is 0 Å². The van der Waals surface area contributed by atoms with E-state index >= 15 is 0 Å². The molecule has 5 heteroatoms. The van der Waals surface area contributed by atoms with E-state index in [2.05, 4.69) is 9.97 Å². The molecule has 0 radical (unpaired) electrons. The van der Waals surface area contributed by atoms with Gasteiger partial charge in [-0.3, -0.25) is 0 Å². The van der Waals surface area contributed by atoms with Crippen LogP contribution in [0.2, 0.25) is 0 Å². The summed E-state index contributed by atoms with van der Waals surface area (Å²) in [5.41, 5.74) is 1.59. The Bertz CT molecular complexity index is 455. The summed E-state index contributed by atoms with van der Waals surface area (Å²) in [7, 11) is 0. The second-order valence-corrected chi connectivity index (χ2v) is 5.27. The van der Waals surface area contributed by atoms with Gasteiger partial charge < -0.3 is 9.64 Å². The molecule has 96 valence electrons. The van der Waals surface area contributed by atoms with Crippen LogP contribution in [-0.2, 0) is 4.74 Å². The van der Waals surface area contributed by atoms with Gasteiger partial charge in [0.2, 0.25) is 0 Å². The fourth-order valence-electron chi connectivity index (χ4n) is 1.59. The van der Waals surface area contributed by atoms with Crippen molar-refractivity contribution in [1.82, 2.24) is 14.9 Å². The molecule has 1 aliphatic heterocycles. The summed E-state index contributed by atoms with van der Waals surface area (Å²) in [6.45, 7) is 6.81. The van der Waals surface area contributed by atoms with Crippen molar-refractivity contribution in [3.05, 3.63) is 29.9 Å². The van der Waals surface area contributed by atoms with Gasteiger partial charge in [0.25, 0.3) is 0 Å². The lowest BCUT2D eigenvalue weighted by atomic mass is 10.1. The van der Waals surface area contributed by atoms with Crippen molar-refractivity contribution in [3.63, 3.8) is 0 Å². The van der Waals surface area contributed by atoms with Crippen LogP contribution in [0.15, 0.2) is 24.2 Å². The van der Waals surface area contributed by atoms with Gasteiger partial charge >= 0.3 is 6.09 Å². The minimum absolute atomic E-state index is 0.262. The van der Waals surface area contributed by atoms with Crippen molar-refractivity contribution < 1.29 is 9.53 Å². The van der Waals surface area contributed by atoms with Crippen LogP contribution in [0, 0.1) is 0 Å². The Kier molecular flexibility index (Phi) is 3.32. The lowest BCUT2D eigenvalue weighted by Gasteiger charge is -2.35. The summed E-state index contributed by atoms with van der Waals surface area (Å²) in [5.74, 6) is 0. The zero-order chi connectivity index (χ0) is 13.2. The summed E-state index contributed by atoms with van der Waals surface area (Å²) < 4.78 is 5.27. The van der Waals surface area contributed by atoms with E-state index in [4.69, 9.17) is 4.74 Å². The second-order valence-electron chi connectivity index (χ2n) is 5.27. The largest absolute Gasteiger partial charge is 0.444 e. The van der Waals surface area contributed by atoms with E-state index in [0.29, 0.717) is 13.1 Å². The third-order valence-electron chi connectivity index (χ3n) is 2.40. The molecule has 2 rings (SSSR count). The van der Waals surface area contributed by atoms with Gasteiger partial charge in [-0.2, -0.15) is 0 Å². The predicted molar refractivity (Wildman–Crippen MR) is 67.8 cm³/mol. The van der Waals surface area contributed by atoms with Crippen LogP contribution in [0.1, 0.15) is 26.5 Å². The number of carbonyl (C=O) groups excluding carboxylic acids is 1. The Hall–Kier alpha value is -1.91. The highest BCUT2D eigenvalue weighted by atomic mass is 16.6. The van der Waals surface area contributed by atoms with Crippen LogP contribution in [0.4, 0.5) is 4.79 Å². The molecule has 0 saturated carbocycles. The third kappa shape index (κ3) is 3.29. The van der Waals surface area contributed by atoms with Crippen molar-refractivity contribution in [2.45, 2.75) is 26.4 Å². The Morgan fingerprint density at radius 3 is 2.72 bits per heavy atom. The lowest BCUT2D eigenvalue weighted by molar-refractivity contribution is 0.0216. The molecule has 1 aliphatic rings. The molecule has 0 aliphatic carbocycles. The average Bonchev–Trinajstić information content (AvgIpc) is 2.21. The molecule has 2 heterocycles. The van der Waals surface area contributed by atoms with E-state index in [9.17, 15) is 4.79 Å². The number of hydrogen-bond acceptors (Lipinski definition) is 4. The van der Waals surface area contributed by atoms with Crippen molar-refractivity contribution in [1.29, 1.82) is 0 Å². The van der Waals surface area contributed by atoms with Crippen molar-refractivity contribution in [3.8, 4) is 0 Å². The number of ether oxygens (including phenoxy) is 1. The Morgan fingerprint density at radius 2 is 2.17 bits per heavy atom. The maximum atomic E-state index is 11.7. The summed E-state index contributed by atoms with van der Waals surface area (Å²) in [6, 6.07) is 1.84. The average molecular weight is 247 g/mol. The van der Waals surface area contributed by atoms with Crippen LogP contribution in [0.3, 0.4) is 0 Å². The maximum Gasteiger partial charge on any atom is 0.410 e. The standard InChI is InChI=1S/C13H17N3O2/c1-13(2,3)18-12(17)16-7-10(8-16)6-11-4-5-14-9-15-11/h4-6,9H,7-8H2,1-3H3. The van der Waals surface area contributed by atoms with Gasteiger partial charge in [-0.1, -0.05) is 0 Å². The van der Waals surface area contributed by atoms with Crippen LogP contribution >= 0.6 is 0 Å². The van der Waals surface area contributed by atoms with E-state index in [0.717, 1.165) is 5.69 Å². The molecule has 18 heavy (non-hydrogen) atoms. The molecular weight excluding hydrogens is 230 g/mol. The molecule has 1 aromatic heterocycles. The highest BCUT2D eigenvalue weighted by Gasteiger charge is 2.29. The number of likely N-dealkylation sites (tertiary alicyclic amines) is 1. The Morgan fingerprint density at radius 1 is 1.44 bits per heavy atom. The van der Waals surface area contributed by atoms with E-state index in [-0.39, 0.29) is 6.09 Å². The molecule has 1 saturated heterocycles. The van der Waals surface area contributed by atoms with Gasteiger partial charge in [0.05, 0.1) is 5.69 Å². The highest BCUT2D eigenvalue weighted by Crippen LogP contribution is 2.20. The maximum absolute atomic E-state index is 11.7. The zero-order valence-electron chi connectivity index (χ0n) is 10.9. The molecule has 5 nitrogen and oxygen atoms in total. The molecule has 0 N–H and O–H groups in total. The first-order chi connectivity index (χ1) is 8.44. The highest BCUT2D eigenvalue weighted by molar-refractivity contribution is 5.72. The van der Waals surface area contributed by atoms with Gasteiger partial charge in [0.1, 0.15) is 11.9 Å². The quantitative estimate of drug-likeness (QED) is 0.762. The van der Waals surface area contributed by atoms with Gasteiger partial charge in [-0.15, -0.1) is 0 Å². The third-order valence-corrected chi connectivity index (χ3v) is 2.40. The normalized spacial score (nSPS) is 15.1. The van der Waals surface area contributed by atoms with Crippen molar-refractivity contribution >= 4 is 12.2 Å². The topological polar surface area (TPSA) is 55.3 Å². The second kappa shape index (κ2) is 4.76. The van der Waals surface area contributed by atoms with Crippen molar-refractivity contribution in [2.75, 3.05) is 13.1 Å². The van der Waals surface area contributed by atoms with E-state index in [1.54, 1.807) is 11.1 Å². The minimum Gasteiger partial charge on any atom is -0.444 e. The van der Waals surface area contributed by atoms with Crippen molar-refractivity contribution in [2.24, 2.45) is 0 Å². The van der Waals surface area contributed by atoms with E-state index in [1.807, 2.05) is 32.9 Å².